The number of benzene rings is 2. The van der Waals surface area contributed by atoms with Crippen LogP contribution in [0.3, 0.4) is 0 Å². The Morgan fingerprint density at radius 2 is 1.96 bits per heavy atom. The van der Waals surface area contributed by atoms with Gasteiger partial charge in [0, 0.05) is 0 Å². The minimum atomic E-state index is -0.489. The molecule has 8 heteroatoms. The third-order valence-corrected chi connectivity index (χ3v) is 4.04. The predicted molar refractivity (Wildman–Crippen MR) is 92.0 cm³/mol. The van der Waals surface area contributed by atoms with Crippen molar-refractivity contribution in [3.63, 3.8) is 0 Å². The Kier molecular flexibility index (Phi) is 5.30. The van der Waals surface area contributed by atoms with Gasteiger partial charge in [0.15, 0.2) is 0 Å². The van der Waals surface area contributed by atoms with Crippen LogP contribution in [0.25, 0.3) is 11.5 Å². The summed E-state index contributed by atoms with van der Waals surface area (Å²) in [5.41, 5.74) is 0.800. The van der Waals surface area contributed by atoms with Gasteiger partial charge in [-0.2, -0.15) is 0 Å². The van der Waals surface area contributed by atoms with Gasteiger partial charge in [0.1, 0.15) is 11.6 Å². The van der Waals surface area contributed by atoms with Gasteiger partial charge in [-0.25, -0.2) is 4.39 Å². The monoisotopic (exact) mass is 359 g/mol. The second kappa shape index (κ2) is 7.80. The van der Waals surface area contributed by atoms with Crippen LogP contribution in [0.1, 0.15) is 0 Å². The molecule has 0 bridgehead atoms. The van der Waals surface area contributed by atoms with Crippen molar-refractivity contribution in [3.8, 4) is 17.2 Å². The Hall–Kier alpha value is -2.87. The number of aromatic nitrogens is 2. The fourth-order valence-corrected chi connectivity index (χ4v) is 2.64. The fourth-order valence-electron chi connectivity index (χ4n) is 2.07. The van der Waals surface area contributed by atoms with Gasteiger partial charge in [0.05, 0.1) is 24.1 Å². The number of hydrogen-bond donors (Lipinski definition) is 1. The minimum absolute atomic E-state index is 0.0158. The highest BCUT2D eigenvalue weighted by Crippen LogP contribution is 2.30. The van der Waals surface area contributed by atoms with E-state index < -0.39 is 5.82 Å². The first-order valence-corrected chi connectivity index (χ1v) is 8.30. The molecular weight excluding hydrogens is 345 g/mol. The summed E-state index contributed by atoms with van der Waals surface area (Å²) in [7, 11) is 1.55. The number of para-hydroxylation sites is 2. The number of carbonyl (C=O) groups excluding carboxylic acids is 1. The molecule has 0 aliphatic rings. The lowest BCUT2D eigenvalue weighted by molar-refractivity contribution is -0.113. The molecule has 0 radical (unpaired) electrons. The lowest BCUT2D eigenvalue weighted by Crippen LogP contribution is -2.14. The van der Waals surface area contributed by atoms with Gasteiger partial charge >= 0.3 is 0 Å². The zero-order valence-electron chi connectivity index (χ0n) is 13.2. The predicted octanol–water partition coefficient (Wildman–Crippen LogP) is 3.62. The van der Waals surface area contributed by atoms with Gasteiger partial charge < -0.3 is 14.5 Å². The molecule has 6 nitrogen and oxygen atoms in total. The molecule has 2 aromatic carbocycles. The number of nitrogens with zero attached hydrogens (tertiary/aromatic N) is 2. The topological polar surface area (TPSA) is 77.2 Å². The van der Waals surface area contributed by atoms with Crippen LogP contribution in [0.15, 0.2) is 58.2 Å². The van der Waals surface area contributed by atoms with Crippen molar-refractivity contribution in [2.75, 3.05) is 18.2 Å². The highest BCUT2D eigenvalue weighted by atomic mass is 32.2. The average Bonchev–Trinajstić information content (AvgIpc) is 3.11. The summed E-state index contributed by atoms with van der Waals surface area (Å²) < 4.78 is 24.3. The number of thioether (sulfide) groups is 1. The normalized spacial score (nSPS) is 10.5. The molecule has 3 rings (SSSR count). The summed E-state index contributed by atoms with van der Waals surface area (Å²) in [5.74, 6) is 0.0701. The molecule has 25 heavy (non-hydrogen) atoms. The Morgan fingerprint density at radius 3 is 2.76 bits per heavy atom. The van der Waals surface area contributed by atoms with Crippen LogP contribution >= 0.6 is 11.8 Å². The Bertz CT molecular complexity index is 885. The molecule has 1 amide bonds. The maximum Gasteiger partial charge on any atom is 0.277 e. The third-order valence-electron chi connectivity index (χ3n) is 3.22. The standard InChI is InChI=1S/C17H14FN3O3S/c1-23-14-9-5-2-6-11(14)16-20-21-17(24-16)25-10-15(22)19-13-8-4-3-7-12(13)18/h2-9H,10H2,1H3,(H,19,22). The zero-order valence-corrected chi connectivity index (χ0v) is 14.0. The van der Waals surface area contributed by atoms with Crippen molar-refractivity contribution in [2.24, 2.45) is 0 Å². The SMILES string of the molecule is COc1ccccc1-c1nnc(SCC(=O)Nc2ccccc2F)o1. The second-order valence-corrected chi connectivity index (χ2v) is 5.82. The van der Waals surface area contributed by atoms with E-state index in [0.29, 0.717) is 17.2 Å². The summed E-state index contributed by atoms with van der Waals surface area (Å²) in [6.45, 7) is 0. The molecule has 1 heterocycles. The van der Waals surface area contributed by atoms with Crippen LogP contribution < -0.4 is 10.1 Å². The van der Waals surface area contributed by atoms with Crippen molar-refractivity contribution in [3.05, 3.63) is 54.3 Å². The van der Waals surface area contributed by atoms with E-state index in [2.05, 4.69) is 15.5 Å². The smallest absolute Gasteiger partial charge is 0.277 e. The molecule has 1 aromatic heterocycles. The van der Waals surface area contributed by atoms with Gasteiger partial charge in [-0.1, -0.05) is 36.0 Å². The van der Waals surface area contributed by atoms with E-state index in [0.717, 1.165) is 11.8 Å². The number of nitrogens with one attached hydrogen (secondary N) is 1. The molecule has 0 spiro atoms. The minimum Gasteiger partial charge on any atom is -0.496 e. The largest absolute Gasteiger partial charge is 0.496 e. The number of ether oxygens (including phenoxy) is 1. The molecule has 0 unspecified atom stereocenters. The number of hydrogen-bond acceptors (Lipinski definition) is 6. The summed E-state index contributed by atoms with van der Waals surface area (Å²) >= 11 is 1.07. The first kappa shape index (κ1) is 17.0. The number of amides is 1. The van der Waals surface area contributed by atoms with Gasteiger partial charge in [0.25, 0.3) is 11.1 Å². The average molecular weight is 359 g/mol. The van der Waals surface area contributed by atoms with Crippen molar-refractivity contribution in [1.29, 1.82) is 0 Å². The molecular formula is C17H14FN3O3S. The van der Waals surface area contributed by atoms with Crippen molar-refractivity contribution in [2.45, 2.75) is 5.22 Å². The van der Waals surface area contributed by atoms with E-state index in [1.165, 1.54) is 12.1 Å². The van der Waals surface area contributed by atoms with Crippen molar-refractivity contribution < 1.29 is 18.3 Å². The third kappa shape index (κ3) is 4.16. The first-order valence-electron chi connectivity index (χ1n) is 7.31. The maximum atomic E-state index is 13.5. The van der Waals surface area contributed by atoms with Crippen LogP contribution in [-0.4, -0.2) is 29.0 Å². The molecule has 0 atom stereocenters. The molecule has 1 N–H and O–H groups in total. The lowest BCUT2D eigenvalue weighted by atomic mass is 10.2. The van der Waals surface area contributed by atoms with E-state index in [4.69, 9.17) is 9.15 Å². The highest BCUT2D eigenvalue weighted by Gasteiger charge is 2.14. The molecule has 0 fully saturated rings. The van der Waals surface area contributed by atoms with Crippen LogP contribution in [0.4, 0.5) is 10.1 Å². The number of anilines is 1. The second-order valence-electron chi connectivity index (χ2n) is 4.89. The fraction of sp³-hybridized carbons (Fsp3) is 0.118. The lowest BCUT2D eigenvalue weighted by Gasteiger charge is -2.04. The maximum absolute atomic E-state index is 13.5. The van der Waals surface area contributed by atoms with E-state index in [1.54, 1.807) is 31.4 Å². The van der Waals surface area contributed by atoms with Gasteiger partial charge in [-0.15, -0.1) is 10.2 Å². The summed E-state index contributed by atoms with van der Waals surface area (Å²) in [5, 5.41) is 10.6. The molecule has 0 saturated carbocycles. The van der Waals surface area contributed by atoms with Gasteiger partial charge in [0.2, 0.25) is 5.91 Å². The van der Waals surface area contributed by atoms with Crippen LogP contribution in [0.2, 0.25) is 0 Å². The van der Waals surface area contributed by atoms with Crippen molar-refractivity contribution >= 4 is 23.4 Å². The molecule has 0 saturated heterocycles. The zero-order chi connectivity index (χ0) is 17.6. The first-order chi connectivity index (χ1) is 12.2. The summed E-state index contributed by atoms with van der Waals surface area (Å²) in [6, 6.07) is 13.2. The highest BCUT2D eigenvalue weighted by molar-refractivity contribution is 7.99. The Balaban J connectivity index is 1.62. The number of carbonyl (C=O) groups is 1. The van der Waals surface area contributed by atoms with Gasteiger partial charge in [-0.3, -0.25) is 4.79 Å². The number of rotatable bonds is 6. The van der Waals surface area contributed by atoms with Crippen LogP contribution in [0.5, 0.6) is 5.75 Å². The van der Waals surface area contributed by atoms with E-state index >= 15 is 0 Å². The van der Waals surface area contributed by atoms with E-state index in [1.807, 2.05) is 12.1 Å². The Labute approximate surface area is 147 Å². The van der Waals surface area contributed by atoms with Crippen LogP contribution in [0, 0.1) is 5.82 Å². The quantitative estimate of drug-likeness (QED) is 0.678. The summed E-state index contributed by atoms with van der Waals surface area (Å²) in [4.78, 5) is 11.9. The van der Waals surface area contributed by atoms with Crippen molar-refractivity contribution in [1.82, 2.24) is 10.2 Å². The molecule has 0 aliphatic carbocycles. The Morgan fingerprint density at radius 1 is 1.20 bits per heavy atom. The molecule has 128 valence electrons. The van der Waals surface area contributed by atoms with E-state index in [9.17, 15) is 9.18 Å². The number of methoxy groups -OCH3 is 1. The van der Waals surface area contributed by atoms with Gasteiger partial charge in [-0.05, 0) is 24.3 Å². The summed E-state index contributed by atoms with van der Waals surface area (Å²) in [6.07, 6.45) is 0. The molecule has 3 aromatic rings. The van der Waals surface area contributed by atoms with Crippen LogP contribution in [-0.2, 0) is 4.79 Å². The number of halogens is 1. The molecule has 0 aliphatic heterocycles. The van der Waals surface area contributed by atoms with E-state index in [-0.39, 0.29) is 22.6 Å².